The third kappa shape index (κ3) is 3.65. The van der Waals surface area contributed by atoms with E-state index in [0.29, 0.717) is 12.2 Å². The molecular formula is C17H24N2O3. The summed E-state index contributed by atoms with van der Waals surface area (Å²) in [5, 5.41) is 5.60. The maximum absolute atomic E-state index is 12.0. The molecule has 1 saturated carbocycles. The Morgan fingerprint density at radius 3 is 2.55 bits per heavy atom. The van der Waals surface area contributed by atoms with Gasteiger partial charge >= 0.3 is 0 Å². The van der Waals surface area contributed by atoms with Crippen LogP contribution in [0.25, 0.3) is 0 Å². The van der Waals surface area contributed by atoms with E-state index in [9.17, 15) is 9.59 Å². The third-order valence-electron chi connectivity index (χ3n) is 4.33. The van der Waals surface area contributed by atoms with Gasteiger partial charge < -0.3 is 15.4 Å². The van der Waals surface area contributed by atoms with Gasteiger partial charge in [-0.1, -0.05) is 32.0 Å². The van der Waals surface area contributed by atoms with Crippen molar-refractivity contribution in [1.82, 2.24) is 10.6 Å². The number of ether oxygens (including phenoxy) is 1. The lowest BCUT2D eigenvalue weighted by atomic mass is 9.64. The van der Waals surface area contributed by atoms with Crippen molar-refractivity contribution in [2.75, 3.05) is 13.2 Å². The number of hydrogen-bond donors (Lipinski definition) is 2. The van der Waals surface area contributed by atoms with E-state index >= 15 is 0 Å². The highest BCUT2D eigenvalue weighted by Gasteiger charge is 2.49. The van der Waals surface area contributed by atoms with Crippen molar-refractivity contribution in [2.24, 2.45) is 5.41 Å². The minimum atomic E-state index is -0.240. The first-order chi connectivity index (χ1) is 10.4. The van der Waals surface area contributed by atoms with E-state index in [4.69, 9.17) is 4.74 Å². The highest BCUT2D eigenvalue weighted by atomic mass is 16.5. The van der Waals surface area contributed by atoms with Crippen molar-refractivity contribution in [3.05, 3.63) is 35.9 Å². The lowest BCUT2D eigenvalue weighted by Crippen LogP contribution is -2.62. The predicted molar refractivity (Wildman–Crippen MR) is 84.5 cm³/mol. The van der Waals surface area contributed by atoms with Crippen LogP contribution < -0.4 is 10.6 Å². The molecule has 2 amide bonds. The Labute approximate surface area is 131 Å². The fourth-order valence-corrected chi connectivity index (χ4v) is 2.71. The van der Waals surface area contributed by atoms with Gasteiger partial charge in [-0.15, -0.1) is 0 Å². The highest BCUT2D eigenvalue weighted by Crippen LogP contribution is 2.42. The van der Waals surface area contributed by atoms with Crippen LogP contribution in [0.15, 0.2) is 30.3 Å². The van der Waals surface area contributed by atoms with Crippen LogP contribution in [-0.2, 0) is 9.53 Å². The van der Waals surface area contributed by atoms with Gasteiger partial charge in [-0.05, 0) is 25.5 Å². The second-order valence-electron chi connectivity index (χ2n) is 6.17. The summed E-state index contributed by atoms with van der Waals surface area (Å²) in [6.45, 7) is 6.82. The van der Waals surface area contributed by atoms with Gasteiger partial charge in [0.2, 0.25) is 5.91 Å². The molecule has 0 spiro atoms. The van der Waals surface area contributed by atoms with Crippen LogP contribution in [0.1, 0.15) is 37.6 Å². The first-order valence-corrected chi connectivity index (χ1v) is 7.69. The normalized spacial score (nSPS) is 22.5. The van der Waals surface area contributed by atoms with E-state index < -0.39 is 0 Å². The van der Waals surface area contributed by atoms with E-state index in [1.807, 2.05) is 13.0 Å². The zero-order chi connectivity index (χ0) is 16.2. The maximum Gasteiger partial charge on any atom is 0.251 e. The zero-order valence-corrected chi connectivity index (χ0v) is 13.4. The van der Waals surface area contributed by atoms with Crippen molar-refractivity contribution < 1.29 is 14.3 Å². The van der Waals surface area contributed by atoms with Crippen LogP contribution in [0.5, 0.6) is 0 Å². The molecule has 0 radical (unpaired) electrons. The SMILES string of the molecule is CCO[C@H]1C[C@H](NC(=O)CNC(=O)c2ccccc2)C1(C)C. The smallest absolute Gasteiger partial charge is 0.251 e. The summed E-state index contributed by atoms with van der Waals surface area (Å²) in [7, 11) is 0. The fourth-order valence-electron chi connectivity index (χ4n) is 2.71. The number of rotatable bonds is 6. The summed E-state index contributed by atoms with van der Waals surface area (Å²) in [6, 6.07) is 8.95. The minimum absolute atomic E-state index is 0.0143. The number of nitrogens with one attached hydrogen (secondary N) is 2. The Kier molecular flexibility index (Phi) is 5.19. The first kappa shape index (κ1) is 16.5. The van der Waals surface area contributed by atoms with E-state index in [2.05, 4.69) is 24.5 Å². The Bertz CT molecular complexity index is 528. The summed E-state index contributed by atoms with van der Waals surface area (Å²) in [5.41, 5.74) is 0.477. The van der Waals surface area contributed by atoms with Gasteiger partial charge in [0.25, 0.3) is 5.91 Å². The molecule has 1 fully saturated rings. The largest absolute Gasteiger partial charge is 0.378 e. The molecule has 0 saturated heterocycles. The van der Waals surface area contributed by atoms with Crippen LogP contribution in [0.3, 0.4) is 0 Å². The van der Waals surface area contributed by atoms with Crippen molar-refractivity contribution in [1.29, 1.82) is 0 Å². The standard InChI is InChI=1S/C17H24N2O3/c1-4-22-14-10-13(17(14,2)3)19-15(20)11-18-16(21)12-8-6-5-7-9-12/h5-9,13-14H,4,10-11H2,1-3H3,(H,18,21)(H,19,20)/t13-,14-/m0/s1. The molecule has 2 atom stereocenters. The summed E-state index contributed by atoms with van der Waals surface area (Å²) in [6.07, 6.45) is 1.00. The van der Waals surface area contributed by atoms with Gasteiger partial charge in [0.15, 0.2) is 0 Å². The summed E-state index contributed by atoms with van der Waals surface area (Å²) < 4.78 is 5.64. The fraction of sp³-hybridized carbons (Fsp3) is 0.529. The van der Waals surface area contributed by atoms with Gasteiger partial charge in [-0.25, -0.2) is 0 Å². The average molecular weight is 304 g/mol. The van der Waals surface area contributed by atoms with E-state index in [0.717, 1.165) is 6.42 Å². The molecule has 0 heterocycles. The molecule has 2 N–H and O–H groups in total. The number of hydrogen-bond acceptors (Lipinski definition) is 3. The molecule has 2 rings (SSSR count). The number of amides is 2. The monoisotopic (exact) mass is 304 g/mol. The highest BCUT2D eigenvalue weighted by molar-refractivity contribution is 5.96. The molecule has 22 heavy (non-hydrogen) atoms. The third-order valence-corrected chi connectivity index (χ3v) is 4.33. The molecule has 5 nitrogen and oxygen atoms in total. The van der Waals surface area contributed by atoms with Crippen LogP contribution in [0, 0.1) is 5.41 Å². The van der Waals surface area contributed by atoms with Crippen LogP contribution in [0.4, 0.5) is 0 Å². The molecule has 1 aliphatic carbocycles. The molecule has 0 aromatic heterocycles. The topological polar surface area (TPSA) is 67.4 Å². The van der Waals surface area contributed by atoms with Crippen molar-refractivity contribution in [3.8, 4) is 0 Å². The Morgan fingerprint density at radius 2 is 1.95 bits per heavy atom. The molecule has 0 aliphatic heterocycles. The first-order valence-electron chi connectivity index (χ1n) is 7.69. The van der Waals surface area contributed by atoms with Gasteiger partial charge in [0.1, 0.15) is 0 Å². The average Bonchev–Trinajstić information content (AvgIpc) is 2.52. The van der Waals surface area contributed by atoms with Gasteiger partial charge in [0, 0.05) is 23.6 Å². The van der Waals surface area contributed by atoms with E-state index in [1.165, 1.54) is 0 Å². The van der Waals surface area contributed by atoms with Crippen LogP contribution in [-0.4, -0.2) is 37.1 Å². The lowest BCUT2D eigenvalue weighted by molar-refractivity contribution is -0.135. The van der Waals surface area contributed by atoms with Gasteiger partial charge in [-0.3, -0.25) is 9.59 Å². The molecule has 1 aliphatic rings. The van der Waals surface area contributed by atoms with Crippen molar-refractivity contribution in [2.45, 2.75) is 39.3 Å². The van der Waals surface area contributed by atoms with Gasteiger partial charge in [-0.2, -0.15) is 0 Å². The number of carbonyl (C=O) groups excluding carboxylic acids is 2. The molecule has 0 bridgehead atoms. The lowest BCUT2D eigenvalue weighted by Gasteiger charge is -2.51. The second-order valence-corrected chi connectivity index (χ2v) is 6.17. The summed E-state index contributed by atoms with van der Waals surface area (Å²) >= 11 is 0. The predicted octanol–water partition coefficient (Wildman–Crippen LogP) is 1.74. The zero-order valence-electron chi connectivity index (χ0n) is 13.4. The number of benzene rings is 1. The van der Waals surface area contributed by atoms with E-state index in [1.54, 1.807) is 24.3 Å². The minimum Gasteiger partial charge on any atom is -0.378 e. The number of carbonyl (C=O) groups is 2. The van der Waals surface area contributed by atoms with E-state index in [-0.39, 0.29) is 35.9 Å². The molecular weight excluding hydrogens is 280 g/mol. The molecule has 0 unspecified atom stereocenters. The quantitative estimate of drug-likeness (QED) is 0.841. The van der Waals surface area contributed by atoms with Crippen molar-refractivity contribution in [3.63, 3.8) is 0 Å². The molecule has 120 valence electrons. The van der Waals surface area contributed by atoms with Crippen LogP contribution in [0.2, 0.25) is 0 Å². The second kappa shape index (κ2) is 6.92. The Balaban J connectivity index is 1.76. The maximum atomic E-state index is 12.0. The summed E-state index contributed by atoms with van der Waals surface area (Å²) in [5.74, 6) is -0.409. The molecule has 1 aromatic rings. The Morgan fingerprint density at radius 1 is 1.27 bits per heavy atom. The molecule has 1 aromatic carbocycles. The summed E-state index contributed by atoms with van der Waals surface area (Å²) in [4.78, 5) is 23.8. The van der Waals surface area contributed by atoms with Crippen molar-refractivity contribution >= 4 is 11.8 Å². The Hall–Kier alpha value is -1.88. The molecule has 5 heteroatoms. The van der Waals surface area contributed by atoms with Crippen LogP contribution >= 0.6 is 0 Å². The van der Waals surface area contributed by atoms with Gasteiger partial charge in [0.05, 0.1) is 12.6 Å².